The maximum Gasteiger partial charge on any atom is 0.315 e. The molecule has 2 aliphatic heterocycles. The molecule has 2 aliphatic rings. The number of hydrogen-bond donors (Lipinski definition) is 4. The van der Waals surface area contributed by atoms with E-state index in [1.54, 1.807) is 6.92 Å². The predicted molar refractivity (Wildman–Crippen MR) is 61.8 cm³/mol. The first kappa shape index (κ1) is 13.7. The van der Waals surface area contributed by atoms with Gasteiger partial charge in [0.05, 0.1) is 12.6 Å². The lowest BCUT2D eigenvalue weighted by molar-refractivity contribution is -0.949. The summed E-state index contributed by atoms with van der Waals surface area (Å²) in [5, 5.41) is 29.6. The van der Waals surface area contributed by atoms with Crippen LogP contribution in [-0.2, 0) is 9.53 Å². The summed E-state index contributed by atoms with van der Waals surface area (Å²) in [7, 11) is 0. The predicted octanol–water partition coefficient (Wildman–Crippen LogP) is -2.69. The molecule has 6 heteroatoms. The first-order valence-electron chi connectivity index (χ1n) is 6.53. The van der Waals surface area contributed by atoms with Gasteiger partial charge < -0.3 is 25.0 Å². The summed E-state index contributed by atoms with van der Waals surface area (Å²) in [4.78, 5) is 12.7. The molecule has 104 valence electrons. The molecule has 0 bridgehead atoms. The minimum absolute atomic E-state index is 0.0655. The fourth-order valence-electron chi connectivity index (χ4n) is 3.34. The van der Waals surface area contributed by atoms with E-state index in [1.807, 2.05) is 6.92 Å². The van der Waals surface area contributed by atoms with Crippen molar-refractivity contribution in [3.8, 4) is 0 Å². The van der Waals surface area contributed by atoms with Gasteiger partial charge in [-0.05, 0) is 20.3 Å². The number of aliphatic hydroxyl groups is 3. The molecular weight excluding hydrogens is 238 g/mol. The van der Waals surface area contributed by atoms with Crippen molar-refractivity contribution in [3.63, 3.8) is 0 Å². The van der Waals surface area contributed by atoms with E-state index in [0.717, 1.165) is 4.90 Å². The van der Waals surface area contributed by atoms with Crippen LogP contribution < -0.4 is 4.90 Å². The zero-order valence-corrected chi connectivity index (χ0v) is 10.7. The van der Waals surface area contributed by atoms with Crippen LogP contribution in [0.1, 0.15) is 20.3 Å². The first-order chi connectivity index (χ1) is 8.47. The zero-order valence-electron chi connectivity index (χ0n) is 10.7. The molecule has 0 aliphatic carbocycles. The second-order valence-electron chi connectivity index (χ2n) is 5.31. The molecule has 0 radical (unpaired) electrons. The maximum absolute atomic E-state index is 11.8. The Kier molecular flexibility index (Phi) is 3.91. The average Bonchev–Trinajstić information content (AvgIpc) is 2.62. The van der Waals surface area contributed by atoms with Crippen molar-refractivity contribution in [2.45, 2.75) is 50.7 Å². The number of ether oxygens (including phenoxy) is 1. The van der Waals surface area contributed by atoms with Gasteiger partial charge in [-0.3, -0.25) is 4.79 Å². The number of nitrogens with one attached hydrogen (secondary N) is 1. The van der Waals surface area contributed by atoms with Gasteiger partial charge in [-0.15, -0.1) is 0 Å². The van der Waals surface area contributed by atoms with Gasteiger partial charge in [-0.2, -0.15) is 0 Å². The minimum atomic E-state index is -0.916. The average molecular weight is 260 g/mol. The van der Waals surface area contributed by atoms with Gasteiger partial charge in [-0.1, -0.05) is 0 Å². The molecule has 2 fully saturated rings. The second-order valence-corrected chi connectivity index (χ2v) is 5.31. The Hall–Kier alpha value is -0.690. The number of aliphatic hydroxyl groups excluding tert-OH is 3. The highest BCUT2D eigenvalue weighted by Gasteiger charge is 2.56. The van der Waals surface area contributed by atoms with Crippen molar-refractivity contribution in [2.75, 3.05) is 13.2 Å². The number of carbonyl (C=O) groups excluding carboxylic acids is 1. The van der Waals surface area contributed by atoms with Crippen LogP contribution in [0.3, 0.4) is 0 Å². The molecule has 0 aromatic rings. The van der Waals surface area contributed by atoms with Crippen molar-refractivity contribution < 1.29 is 29.8 Å². The van der Waals surface area contributed by atoms with Gasteiger partial charge >= 0.3 is 5.97 Å². The SMILES string of the molecule is CCOC(=O)C1CC(O)[C@H]2C(O)[C@@H](O)C[NH+]2C1C. The Morgan fingerprint density at radius 1 is 1.33 bits per heavy atom. The van der Waals surface area contributed by atoms with E-state index in [-0.39, 0.29) is 24.3 Å². The Morgan fingerprint density at radius 3 is 2.61 bits per heavy atom. The smallest absolute Gasteiger partial charge is 0.315 e. The number of carbonyl (C=O) groups is 1. The molecule has 0 saturated carbocycles. The van der Waals surface area contributed by atoms with Crippen LogP contribution in [0, 0.1) is 5.92 Å². The monoisotopic (exact) mass is 260 g/mol. The van der Waals surface area contributed by atoms with Crippen LogP contribution in [0.4, 0.5) is 0 Å². The van der Waals surface area contributed by atoms with Crippen LogP contribution in [-0.4, -0.2) is 64.8 Å². The van der Waals surface area contributed by atoms with E-state index in [2.05, 4.69) is 0 Å². The van der Waals surface area contributed by atoms with Crippen LogP contribution in [0.25, 0.3) is 0 Å². The Labute approximate surface area is 106 Å². The first-order valence-corrected chi connectivity index (χ1v) is 6.53. The number of rotatable bonds is 2. The third-order valence-electron chi connectivity index (χ3n) is 4.32. The molecule has 6 nitrogen and oxygen atoms in total. The Balaban J connectivity index is 2.14. The molecule has 0 aromatic carbocycles. The quantitative estimate of drug-likeness (QED) is 0.406. The molecule has 7 atom stereocenters. The van der Waals surface area contributed by atoms with Gasteiger partial charge in [0.2, 0.25) is 0 Å². The minimum Gasteiger partial charge on any atom is -0.466 e. The van der Waals surface area contributed by atoms with Gasteiger partial charge in [0.25, 0.3) is 0 Å². The van der Waals surface area contributed by atoms with Crippen molar-refractivity contribution in [1.29, 1.82) is 0 Å². The summed E-state index contributed by atoms with van der Waals surface area (Å²) in [5.74, 6) is -0.672. The van der Waals surface area contributed by atoms with E-state index in [1.165, 1.54) is 0 Å². The summed E-state index contributed by atoms with van der Waals surface area (Å²) in [6, 6.07) is -0.468. The maximum atomic E-state index is 11.8. The van der Waals surface area contributed by atoms with Crippen molar-refractivity contribution in [1.82, 2.24) is 0 Å². The van der Waals surface area contributed by atoms with E-state index < -0.39 is 24.4 Å². The summed E-state index contributed by atoms with van der Waals surface area (Å²) in [6.07, 6.45) is -2.24. The molecule has 5 unspecified atom stereocenters. The number of esters is 1. The van der Waals surface area contributed by atoms with E-state index in [9.17, 15) is 20.1 Å². The molecule has 2 saturated heterocycles. The highest BCUT2D eigenvalue weighted by atomic mass is 16.5. The van der Waals surface area contributed by atoms with E-state index in [0.29, 0.717) is 13.2 Å². The zero-order chi connectivity index (χ0) is 13.4. The van der Waals surface area contributed by atoms with Crippen molar-refractivity contribution in [2.24, 2.45) is 5.92 Å². The molecule has 0 aromatic heterocycles. The highest BCUT2D eigenvalue weighted by molar-refractivity contribution is 5.73. The molecule has 0 amide bonds. The second kappa shape index (κ2) is 5.13. The standard InChI is InChI=1S/C12H21NO5/c1-3-18-12(17)7-4-8(14)10-11(16)9(15)5-13(10)6(7)2/h6-11,14-16H,3-5H2,1-2H3/p+1/t6?,7?,8?,9-,10-,11?/m0/s1. The van der Waals surface area contributed by atoms with Crippen LogP contribution >= 0.6 is 0 Å². The highest BCUT2D eigenvalue weighted by Crippen LogP contribution is 2.23. The summed E-state index contributed by atoms with van der Waals surface area (Å²) in [5.41, 5.74) is 0. The third kappa shape index (κ3) is 2.14. The van der Waals surface area contributed by atoms with E-state index in [4.69, 9.17) is 4.74 Å². The molecular formula is C12H22NO5+. The molecule has 2 heterocycles. The van der Waals surface area contributed by atoms with Crippen molar-refractivity contribution in [3.05, 3.63) is 0 Å². The summed E-state index contributed by atoms with van der Waals surface area (Å²) < 4.78 is 5.01. The Bertz CT molecular complexity index is 324. The number of hydrogen-bond acceptors (Lipinski definition) is 5. The van der Waals surface area contributed by atoms with Crippen LogP contribution in [0.5, 0.6) is 0 Å². The lowest BCUT2D eigenvalue weighted by Gasteiger charge is -2.40. The third-order valence-corrected chi connectivity index (χ3v) is 4.32. The summed E-state index contributed by atoms with van der Waals surface area (Å²) in [6.45, 7) is 4.34. The molecule has 4 N–H and O–H groups in total. The number of quaternary nitrogens is 1. The lowest BCUT2D eigenvalue weighted by atomic mass is 9.84. The largest absolute Gasteiger partial charge is 0.466 e. The Morgan fingerprint density at radius 2 is 2.00 bits per heavy atom. The number of fused-ring (bicyclic) bond motifs is 1. The fraction of sp³-hybridized carbons (Fsp3) is 0.917. The van der Waals surface area contributed by atoms with Gasteiger partial charge in [0.1, 0.15) is 36.8 Å². The van der Waals surface area contributed by atoms with E-state index >= 15 is 0 Å². The van der Waals surface area contributed by atoms with Crippen molar-refractivity contribution >= 4 is 5.97 Å². The topological polar surface area (TPSA) is 91.4 Å². The van der Waals surface area contributed by atoms with Gasteiger partial charge in [0, 0.05) is 0 Å². The normalized spacial score (nSPS) is 47.7. The summed E-state index contributed by atoms with van der Waals surface area (Å²) >= 11 is 0. The molecule has 2 rings (SSSR count). The molecule has 18 heavy (non-hydrogen) atoms. The molecule has 0 spiro atoms. The van der Waals surface area contributed by atoms with Gasteiger partial charge in [0.15, 0.2) is 0 Å². The van der Waals surface area contributed by atoms with Gasteiger partial charge in [-0.25, -0.2) is 0 Å². The van der Waals surface area contributed by atoms with Crippen LogP contribution in [0.15, 0.2) is 0 Å². The van der Waals surface area contributed by atoms with Crippen LogP contribution in [0.2, 0.25) is 0 Å². The lowest BCUT2D eigenvalue weighted by Crippen LogP contribution is -3.21. The number of piperidine rings is 1. The fourth-order valence-corrected chi connectivity index (χ4v) is 3.34.